The van der Waals surface area contributed by atoms with Crippen molar-refractivity contribution in [1.29, 1.82) is 0 Å². The van der Waals surface area contributed by atoms with Crippen molar-refractivity contribution in [2.45, 2.75) is 47.0 Å². The summed E-state index contributed by atoms with van der Waals surface area (Å²) in [4.78, 5) is 26.4. The summed E-state index contributed by atoms with van der Waals surface area (Å²) >= 11 is 1.46. The normalized spacial score (nSPS) is 14.5. The van der Waals surface area contributed by atoms with Crippen LogP contribution in [0.3, 0.4) is 0 Å². The highest BCUT2D eigenvalue weighted by molar-refractivity contribution is 7.20. The Bertz CT molecular complexity index is 1050. The lowest BCUT2D eigenvalue weighted by atomic mass is 10.1. The quantitative estimate of drug-likeness (QED) is 0.666. The molecule has 1 aromatic carbocycles. The van der Waals surface area contributed by atoms with Gasteiger partial charge in [0.15, 0.2) is 0 Å². The number of nitrogens with one attached hydrogen (secondary N) is 1. The zero-order chi connectivity index (χ0) is 19.8. The summed E-state index contributed by atoms with van der Waals surface area (Å²) in [5, 5.41) is 4.08. The van der Waals surface area contributed by atoms with Gasteiger partial charge in [-0.3, -0.25) is 4.79 Å². The molecule has 0 radical (unpaired) electrons. The number of anilines is 2. The number of amides is 1. The number of hydrogen-bond donors (Lipinski definition) is 1. The van der Waals surface area contributed by atoms with Gasteiger partial charge in [0, 0.05) is 18.8 Å². The van der Waals surface area contributed by atoms with E-state index in [4.69, 9.17) is 4.98 Å². The second kappa shape index (κ2) is 7.51. The molecule has 6 heteroatoms. The molecule has 0 bridgehead atoms. The minimum atomic E-state index is -0.0778. The number of thiophene rings is 1. The first kappa shape index (κ1) is 18.9. The molecule has 28 heavy (non-hydrogen) atoms. The fourth-order valence-electron chi connectivity index (χ4n) is 3.78. The number of rotatable bonds is 3. The third kappa shape index (κ3) is 3.49. The Kier molecular flexibility index (Phi) is 5.06. The monoisotopic (exact) mass is 394 g/mol. The van der Waals surface area contributed by atoms with Gasteiger partial charge in [-0.2, -0.15) is 0 Å². The highest BCUT2D eigenvalue weighted by atomic mass is 32.1. The molecule has 2 aromatic heterocycles. The minimum Gasteiger partial charge on any atom is -0.356 e. The van der Waals surface area contributed by atoms with E-state index in [-0.39, 0.29) is 5.91 Å². The molecule has 146 valence electrons. The number of carbonyl (C=O) groups excluding carboxylic acids is 1. The van der Waals surface area contributed by atoms with Gasteiger partial charge in [0.05, 0.1) is 10.3 Å². The Labute approximate surface area is 169 Å². The topological polar surface area (TPSA) is 58.1 Å². The molecule has 0 spiro atoms. The Hall–Kier alpha value is -2.47. The summed E-state index contributed by atoms with van der Waals surface area (Å²) in [6.07, 6.45) is 3.65. The SMILES string of the molecule is Cc1nc(N2CCCCC2)c2c(C)c(C(=O)Nc3ccc(C)c(C)c3)sc2n1. The van der Waals surface area contributed by atoms with Crippen molar-refractivity contribution < 1.29 is 4.79 Å². The molecule has 1 saturated heterocycles. The Morgan fingerprint density at radius 3 is 2.50 bits per heavy atom. The molecule has 1 aliphatic heterocycles. The predicted octanol–water partition coefficient (Wildman–Crippen LogP) is 5.17. The molecular formula is C22H26N4OS. The molecule has 0 aliphatic carbocycles. The molecule has 5 nitrogen and oxygen atoms in total. The van der Waals surface area contributed by atoms with Crippen LogP contribution in [-0.2, 0) is 0 Å². The van der Waals surface area contributed by atoms with Gasteiger partial charge in [0.25, 0.3) is 5.91 Å². The molecule has 4 rings (SSSR count). The van der Waals surface area contributed by atoms with Crippen molar-refractivity contribution in [3.05, 3.63) is 45.6 Å². The summed E-state index contributed by atoms with van der Waals surface area (Å²) in [7, 11) is 0. The first-order valence-corrected chi connectivity index (χ1v) is 10.7. The van der Waals surface area contributed by atoms with Crippen LogP contribution in [0.4, 0.5) is 11.5 Å². The maximum atomic E-state index is 13.0. The van der Waals surface area contributed by atoms with Crippen molar-refractivity contribution in [3.63, 3.8) is 0 Å². The lowest BCUT2D eigenvalue weighted by Crippen LogP contribution is -2.30. The van der Waals surface area contributed by atoms with E-state index in [1.54, 1.807) is 0 Å². The van der Waals surface area contributed by atoms with Crippen LogP contribution >= 0.6 is 11.3 Å². The van der Waals surface area contributed by atoms with Gasteiger partial charge in [-0.1, -0.05) is 6.07 Å². The fourth-order valence-corrected chi connectivity index (χ4v) is 4.90. The molecule has 1 fully saturated rings. The number of carbonyl (C=O) groups is 1. The highest BCUT2D eigenvalue weighted by Crippen LogP contribution is 2.36. The predicted molar refractivity (Wildman–Crippen MR) is 117 cm³/mol. The van der Waals surface area contributed by atoms with Crippen LogP contribution in [0.5, 0.6) is 0 Å². The third-order valence-electron chi connectivity index (χ3n) is 5.51. The number of aromatic nitrogens is 2. The van der Waals surface area contributed by atoms with E-state index in [2.05, 4.69) is 29.0 Å². The first-order valence-electron chi connectivity index (χ1n) is 9.85. The zero-order valence-electron chi connectivity index (χ0n) is 16.9. The maximum absolute atomic E-state index is 13.0. The molecular weight excluding hydrogens is 368 g/mol. The van der Waals surface area contributed by atoms with Crippen LogP contribution in [-0.4, -0.2) is 29.0 Å². The van der Waals surface area contributed by atoms with Crippen molar-refractivity contribution in [3.8, 4) is 0 Å². The molecule has 1 N–H and O–H groups in total. The van der Waals surface area contributed by atoms with Gasteiger partial charge >= 0.3 is 0 Å². The van der Waals surface area contributed by atoms with Gasteiger partial charge in [0.2, 0.25) is 0 Å². The van der Waals surface area contributed by atoms with Crippen LogP contribution in [0.2, 0.25) is 0 Å². The van der Waals surface area contributed by atoms with Gasteiger partial charge < -0.3 is 10.2 Å². The molecule has 3 aromatic rings. The van der Waals surface area contributed by atoms with E-state index in [1.165, 1.54) is 41.7 Å². The number of benzene rings is 1. The summed E-state index contributed by atoms with van der Waals surface area (Å²) in [6, 6.07) is 6.00. The molecule has 1 aliphatic rings. The average molecular weight is 395 g/mol. The third-order valence-corrected chi connectivity index (χ3v) is 6.69. The maximum Gasteiger partial charge on any atom is 0.266 e. The second-order valence-corrected chi connectivity index (χ2v) is 8.63. The van der Waals surface area contributed by atoms with E-state index >= 15 is 0 Å². The Morgan fingerprint density at radius 1 is 1.04 bits per heavy atom. The molecule has 0 unspecified atom stereocenters. The summed E-state index contributed by atoms with van der Waals surface area (Å²) in [5.74, 6) is 1.67. The van der Waals surface area contributed by atoms with Crippen LogP contribution in [0.25, 0.3) is 10.2 Å². The lowest BCUT2D eigenvalue weighted by molar-refractivity contribution is 0.103. The van der Waals surface area contributed by atoms with Crippen molar-refractivity contribution in [2.75, 3.05) is 23.3 Å². The fraction of sp³-hybridized carbons (Fsp3) is 0.409. The molecule has 0 saturated carbocycles. The Balaban J connectivity index is 1.72. The zero-order valence-corrected chi connectivity index (χ0v) is 17.7. The second-order valence-electron chi connectivity index (χ2n) is 7.63. The van der Waals surface area contributed by atoms with Crippen LogP contribution in [0, 0.1) is 27.7 Å². The van der Waals surface area contributed by atoms with Crippen molar-refractivity contribution in [1.82, 2.24) is 9.97 Å². The molecule has 1 amide bonds. The van der Waals surface area contributed by atoms with Gasteiger partial charge in [-0.25, -0.2) is 9.97 Å². The van der Waals surface area contributed by atoms with Gasteiger partial charge in [0.1, 0.15) is 16.5 Å². The minimum absolute atomic E-state index is 0.0778. The number of fused-ring (bicyclic) bond motifs is 1. The van der Waals surface area contributed by atoms with E-state index < -0.39 is 0 Å². The van der Waals surface area contributed by atoms with E-state index in [1.807, 2.05) is 32.0 Å². The smallest absolute Gasteiger partial charge is 0.266 e. The summed E-state index contributed by atoms with van der Waals surface area (Å²) in [6.45, 7) is 10.1. The summed E-state index contributed by atoms with van der Waals surface area (Å²) in [5.41, 5.74) is 4.18. The van der Waals surface area contributed by atoms with Crippen LogP contribution in [0.1, 0.15) is 51.4 Å². The van der Waals surface area contributed by atoms with Gasteiger partial charge in [-0.05, 0) is 75.8 Å². The van der Waals surface area contributed by atoms with Crippen molar-refractivity contribution in [2.24, 2.45) is 0 Å². The molecule has 0 atom stereocenters. The number of nitrogens with zero attached hydrogens (tertiary/aromatic N) is 3. The largest absolute Gasteiger partial charge is 0.356 e. The number of aryl methyl sites for hydroxylation is 4. The van der Waals surface area contributed by atoms with Crippen LogP contribution in [0.15, 0.2) is 18.2 Å². The number of hydrogen-bond acceptors (Lipinski definition) is 5. The molecule has 3 heterocycles. The van der Waals surface area contributed by atoms with E-state index in [0.29, 0.717) is 4.88 Å². The van der Waals surface area contributed by atoms with E-state index in [9.17, 15) is 4.79 Å². The van der Waals surface area contributed by atoms with E-state index in [0.717, 1.165) is 46.2 Å². The summed E-state index contributed by atoms with van der Waals surface area (Å²) < 4.78 is 0. The standard InChI is InChI=1S/C22H26N4OS/c1-13-8-9-17(12-14(13)2)25-21(27)19-15(3)18-20(26-10-6-5-7-11-26)23-16(4)24-22(18)28-19/h8-9,12H,5-7,10-11H2,1-4H3,(H,25,27). The lowest BCUT2D eigenvalue weighted by Gasteiger charge is -2.28. The first-order chi connectivity index (χ1) is 13.4. The van der Waals surface area contributed by atoms with Gasteiger partial charge in [-0.15, -0.1) is 11.3 Å². The highest BCUT2D eigenvalue weighted by Gasteiger charge is 2.23. The number of piperidine rings is 1. The van der Waals surface area contributed by atoms with Crippen molar-refractivity contribution >= 4 is 39.0 Å². The average Bonchev–Trinajstić information content (AvgIpc) is 3.01. The Morgan fingerprint density at radius 2 is 1.79 bits per heavy atom. The van der Waals surface area contributed by atoms with Crippen LogP contribution < -0.4 is 10.2 Å².